The second-order valence-electron chi connectivity index (χ2n) is 3.36. The van der Waals surface area contributed by atoms with Crippen molar-refractivity contribution in [2.45, 2.75) is 12.8 Å². The van der Waals surface area contributed by atoms with Crippen molar-refractivity contribution in [1.82, 2.24) is 4.98 Å². The average Bonchev–Trinajstić information content (AvgIpc) is 2.26. The van der Waals surface area contributed by atoms with Crippen molar-refractivity contribution in [3.63, 3.8) is 0 Å². The molecule has 0 aliphatic rings. The van der Waals surface area contributed by atoms with Crippen LogP contribution >= 0.6 is 0 Å². The highest BCUT2D eigenvalue weighted by Crippen LogP contribution is 2.14. The van der Waals surface area contributed by atoms with Crippen LogP contribution in [-0.4, -0.2) is 4.98 Å². The second-order valence-corrected chi connectivity index (χ2v) is 3.36. The van der Waals surface area contributed by atoms with Crippen LogP contribution in [0.5, 0.6) is 0 Å². The first-order valence-corrected chi connectivity index (χ1v) is 4.85. The number of aryl methyl sites for hydroxylation is 1. The van der Waals surface area contributed by atoms with Crippen molar-refractivity contribution < 1.29 is 0 Å². The van der Waals surface area contributed by atoms with Crippen LogP contribution in [-0.2, 0) is 6.42 Å². The van der Waals surface area contributed by atoms with Crippen molar-refractivity contribution in [3.8, 4) is 0 Å². The second kappa shape index (κ2) is 4.05. The lowest BCUT2D eigenvalue weighted by Crippen LogP contribution is -1.84. The zero-order chi connectivity index (χ0) is 9.80. The van der Waals surface area contributed by atoms with Crippen LogP contribution in [0.3, 0.4) is 0 Å². The van der Waals surface area contributed by atoms with Gasteiger partial charge < -0.3 is 0 Å². The topological polar surface area (TPSA) is 12.9 Å². The molecule has 0 N–H and O–H groups in total. The Hall–Kier alpha value is -1.63. The molecule has 2 aromatic rings. The third-order valence-electron chi connectivity index (χ3n) is 2.30. The molecule has 1 nitrogen and oxygen atoms in total. The largest absolute Gasteiger partial charge is 0.256 e. The van der Waals surface area contributed by atoms with E-state index >= 15 is 0 Å². The summed E-state index contributed by atoms with van der Waals surface area (Å²) in [5.41, 5.74) is 2.42. The van der Waals surface area contributed by atoms with Crippen LogP contribution < -0.4 is 0 Å². The van der Waals surface area contributed by atoms with Gasteiger partial charge in [0, 0.05) is 11.6 Å². The summed E-state index contributed by atoms with van der Waals surface area (Å²) in [5.74, 6) is 0. The normalized spacial score (nSPS) is 10.3. The van der Waals surface area contributed by atoms with E-state index in [0.29, 0.717) is 0 Å². The summed E-state index contributed by atoms with van der Waals surface area (Å²) in [6.07, 6.45) is 5.87. The van der Waals surface area contributed by atoms with Gasteiger partial charge in [-0.3, -0.25) is 4.98 Å². The fourth-order valence-corrected chi connectivity index (χ4v) is 1.55. The Labute approximate surface area is 84.1 Å². The van der Waals surface area contributed by atoms with E-state index in [1.54, 1.807) is 0 Å². The van der Waals surface area contributed by atoms with Gasteiger partial charge in [0.25, 0.3) is 0 Å². The van der Waals surface area contributed by atoms with Crippen LogP contribution in [0.15, 0.2) is 49.2 Å². The molecule has 1 aromatic carbocycles. The summed E-state index contributed by atoms with van der Waals surface area (Å²) in [4.78, 5) is 4.28. The van der Waals surface area contributed by atoms with Crippen molar-refractivity contribution >= 4 is 10.9 Å². The van der Waals surface area contributed by atoms with Crippen LogP contribution in [0.4, 0.5) is 0 Å². The number of hydrogen-bond donors (Lipinski definition) is 0. The Kier molecular flexibility index (Phi) is 2.59. The average molecular weight is 183 g/mol. The number of rotatable bonds is 3. The monoisotopic (exact) mass is 183 g/mol. The third kappa shape index (κ3) is 1.82. The van der Waals surface area contributed by atoms with Crippen LogP contribution in [0.25, 0.3) is 10.9 Å². The lowest BCUT2D eigenvalue weighted by Gasteiger charge is -2.00. The summed E-state index contributed by atoms with van der Waals surface area (Å²) >= 11 is 0. The number of fused-ring (bicyclic) bond motifs is 1. The Morgan fingerprint density at radius 3 is 3.07 bits per heavy atom. The van der Waals surface area contributed by atoms with Gasteiger partial charge in [0.05, 0.1) is 5.52 Å². The van der Waals surface area contributed by atoms with E-state index in [1.165, 1.54) is 10.9 Å². The van der Waals surface area contributed by atoms with E-state index in [1.807, 2.05) is 18.3 Å². The SMILES string of the molecule is C=CCCc1ccc2ncccc2c1. The number of aromatic nitrogens is 1. The lowest BCUT2D eigenvalue weighted by atomic mass is 10.1. The molecule has 70 valence electrons. The number of benzene rings is 1. The van der Waals surface area contributed by atoms with Gasteiger partial charge >= 0.3 is 0 Å². The van der Waals surface area contributed by atoms with E-state index < -0.39 is 0 Å². The molecule has 1 aromatic heterocycles. The van der Waals surface area contributed by atoms with Crippen molar-refractivity contribution in [2.75, 3.05) is 0 Å². The molecule has 0 aliphatic heterocycles. The fraction of sp³-hybridized carbons (Fsp3) is 0.154. The molecule has 0 bridgehead atoms. The van der Waals surface area contributed by atoms with Crippen LogP contribution in [0.1, 0.15) is 12.0 Å². The van der Waals surface area contributed by atoms with Crippen LogP contribution in [0, 0.1) is 0 Å². The van der Waals surface area contributed by atoms with Gasteiger partial charge in [-0.1, -0.05) is 18.2 Å². The molecule has 14 heavy (non-hydrogen) atoms. The third-order valence-corrected chi connectivity index (χ3v) is 2.30. The lowest BCUT2D eigenvalue weighted by molar-refractivity contribution is 1.01. The minimum atomic E-state index is 1.03. The highest BCUT2D eigenvalue weighted by atomic mass is 14.6. The molecule has 0 fully saturated rings. The Morgan fingerprint density at radius 1 is 1.29 bits per heavy atom. The molecule has 0 saturated carbocycles. The molecule has 0 unspecified atom stereocenters. The van der Waals surface area contributed by atoms with E-state index in [-0.39, 0.29) is 0 Å². The van der Waals surface area contributed by atoms with E-state index in [9.17, 15) is 0 Å². The Balaban J connectivity index is 2.36. The van der Waals surface area contributed by atoms with Gasteiger partial charge in [0.15, 0.2) is 0 Å². The number of nitrogens with zero attached hydrogens (tertiary/aromatic N) is 1. The zero-order valence-electron chi connectivity index (χ0n) is 8.11. The summed E-state index contributed by atoms with van der Waals surface area (Å²) in [6.45, 7) is 3.73. The fourth-order valence-electron chi connectivity index (χ4n) is 1.55. The van der Waals surface area contributed by atoms with Gasteiger partial charge in [0.2, 0.25) is 0 Å². The van der Waals surface area contributed by atoms with Gasteiger partial charge in [0.1, 0.15) is 0 Å². The van der Waals surface area contributed by atoms with Gasteiger partial charge in [-0.15, -0.1) is 6.58 Å². The maximum absolute atomic E-state index is 4.28. The van der Waals surface area contributed by atoms with Gasteiger partial charge in [-0.2, -0.15) is 0 Å². The molecule has 0 aliphatic carbocycles. The smallest absolute Gasteiger partial charge is 0.0702 e. The number of hydrogen-bond acceptors (Lipinski definition) is 1. The Bertz CT molecular complexity index is 446. The Morgan fingerprint density at radius 2 is 2.21 bits per heavy atom. The van der Waals surface area contributed by atoms with E-state index in [4.69, 9.17) is 0 Å². The highest BCUT2D eigenvalue weighted by Gasteiger charge is 1.95. The first-order valence-electron chi connectivity index (χ1n) is 4.85. The maximum atomic E-state index is 4.28. The predicted molar refractivity (Wildman–Crippen MR) is 60.3 cm³/mol. The standard InChI is InChI=1S/C13H13N/c1-2-3-5-11-7-8-13-12(10-11)6-4-9-14-13/h2,4,6-10H,1,3,5H2. The summed E-state index contributed by atoms with van der Waals surface area (Å²) in [5, 5.41) is 1.22. The van der Waals surface area contributed by atoms with Gasteiger partial charge in [-0.05, 0) is 36.6 Å². The van der Waals surface area contributed by atoms with Gasteiger partial charge in [-0.25, -0.2) is 0 Å². The molecule has 1 heterocycles. The minimum Gasteiger partial charge on any atom is -0.256 e. The van der Waals surface area contributed by atoms with Crippen LogP contribution in [0.2, 0.25) is 0 Å². The predicted octanol–water partition coefficient (Wildman–Crippen LogP) is 3.35. The molecule has 1 heteroatoms. The molecule has 0 spiro atoms. The molecule has 0 radical (unpaired) electrons. The molecule has 2 rings (SSSR count). The first-order chi connectivity index (χ1) is 6.90. The van der Waals surface area contributed by atoms with E-state index in [0.717, 1.165) is 18.4 Å². The number of allylic oxidation sites excluding steroid dienone is 1. The van der Waals surface area contributed by atoms with E-state index in [2.05, 4.69) is 35.8 Å². The summed E-state index contributed by atoms with van der Waals surface area (Å²) in [6, 6.07) is 10.5. The van der Waals surface area contributed by atoms with Crippen molar-refractivity contribution in [3.05, 3.63) is 54.7 Å². The number of pyridine rings is 1. The summed E-state index contributed by atoms with van der Waals surface area (Å²) < 4.78 is 0. The summed E-state index contributed by atoms with van der Waals surface area (Å²) in [7, 11) is 0. The molecular weight excluding hydrogens is 170 g/mol. The first kappa shape index (κ1) is 8.95. The highest BCUT2D eigenvalue weighted by molar-refractivity contribution is 5.78. The molecule has 0 amide bonds. The zero-order valence-corrected chi connectivity index (χ0v) is 8.11. The van der Waals surface area contributed by atoms with Crippen molar-refractivity contribution in [1.29, 1.82) is 0 Å². The molecule has 0 saturated heterocycles. The maximum Gasteiger partial charge on any atom is 0.0702 e. The quantitative estimate of drug-likeness (QED) is 0.665. The molecular formula is C13H13N. The minimum absolute atomic E-state index is 1.03. The molecule has 0 atom stereocenters. The van der Waals surface area contributed by atoms with Crippen molar-refractivity contribution in [2.24, 2.45) is 0 Å².